The van der Waals surface area contributed by atoms with E-state index in [2.05, 4.69) is 41.3 Å². The Morgan fingerprint density at radius 1 is 1.29 bits per heavy atom. The van der Waals surface area contributed by atoms with Crippen molar-refractivity contribution in [3.8, 4) is 11.6 Å². The molecule has 0 bridgehead atoms. The van der Waals surface area contributed by atoms with E-state index in [0.717, 1.165) is 66.9 Å². The number of anilines is 1. The Balaban J connectivity index is 1.75. The van der Waals surface area contributed by atoms with Gasteiger partial charge in [-0.1, -0.05) is 11.6 Å². The van der Waals surface area contributed by atoms with Crippen molar-refractivity contribution in [2.24, 2.45) is 10.7 Å². The number of fused-ring (bicyclic) bond motifs is 1. The molecule has 0 amide bonds. The Hall–Kier alpha value is -2.57. The SMILES string of the molecule is CC1CCc2c(ccc(C(C=NC3CCNCC3)=CN)c2Oc2ncccc2Cl)N1C. The maximum atomic E-state index is 6.37. The second-order valence-electron chi connectivity index (χ2n) is 8.21. The van der Waals surface area contributed by atoms with E-state index in [1.807, 2.05) is 6.21 Å². The first-order chi connectivity index (χ1) is 15.1. The van der Waals surface area contributed by atoms with Crippen LogP contribution in [0.4, 0.5) is 5.69 Å². The van der Waals surface area contributed by atoms with Crippen LogP contribution in [0.1, 0.15) is 37.3 Å². The number of ether oxygens (including phenoxy) is 1. The highest BCUT2D eigenvalue weighted by atomic mass is 35.5. The Morgan fingerprint density at radius 3 is 2.84 bits per heavy atom. The van der Waals surface area contributed by atoms with Crippen molar-refractivity contribution in [2.45, 2.75) is 44.7 Å². The van der Waals surface area contributed by atoms with E-state index >= 15 is 0 Å². The molecule has 2 aliphatic heterocycles. The first-order valence-corrected chi connectivity index (χ1v) is 11.3. The highest BCUT2D eigenvalue weighted by molar-refractivity contribution is 6.31. The van der Waals surface area contributed by atoms with Gasteiger partial charge in [-0.3, -0.25) is 4.99 Å². The summed E-state index contributed by atoms with van der Waals surface area (Å²) in [5.41, 5.74) is 10.1. The molecule has 2 aliphatic rings. The molecule has 3 heterocycles. The van der Waals surface area contributed by atoms with Crippen LogP contribution in [-0.2, 0) is 6.42 Å². The lowest BCUT2D eigenvalue weighted by atomic mass is 9.92. The number of aliphatic imine (C=N–C) groups is 1. The Labute approximate surface area is 189 Å². The fraction of sp³-hybridized carbons (Fsp3) is 0.417. The minimum Gasteiger partial charge on any atom is -0.437 e. The van der Waals surface area contributed by atoms with Crippen molar-refractivity contribution >= 4 is 29.1 Å². The summed E-state index contributed by atoms with van der Waals surface area (Å²) in [4.78, 5) is 11.5. The van der Waals surface area contributed by atoms with Gasteiger partial charge in [0.15, 0.2) is 0 Å². The molecular formula is C24H30ClN5O. The molecule has 0 radical (unpaired) electrons. The smallest absolute Gasteiger partial charge is 0.238 e. The number of nitrogens with zero attached hydrogens (tertiary/aromatic N) is 3. The average molecular weight is 440 g/mol. The lowest BCUT2D eigenvalue weighted by molar-refractivity contribution is 0.450. The van der Waals surface area contributed by atoms with Crippen molar-refractivity contribution < 1.29 is 4.74 Å². The number of rotatable bonds is 5. The van der Waals surface area contributed by atoms with Crippen LogP contribution in [0.25, 0.3) is 5.57 Å². The minimum atomic E-state index is 0.315. The number of hydrogen-bond acceptors (Lipinski definition) is 6. The van der Waals surface area contributed by atoms with Crippen LogP contribution in [0.3, 0.4) is 0 Å². The zero-order chi connectivity index (χ0) is 21.8. The second-order valence-corrected chi connectivity index (χ2v) is 8.62. The third-order valence-electron chi connectivity index (χ3n) is 6.24. The van der Waals surface area contributed by atoms with Gasteiger partial charge in [-0.05, 0) is 70.0 Å². The maximum Gasteiger partial charge on any atom is 0.238 e. The maximum absolute atomic E-state index is 6.37. The molecule has 2 aromatic rings. The van der Waals surface area contributed by atoms with Gasteiger partial charge in [-0.25, -0.2) is 4.98 Å². The van der Waals surface area contributed by atoms with Gasteiger partial charge in [0, 0.05) is 54.1 Å². The molecule has 1 saturated heterocycles. The molecule has 6 nitrogen and oxygen atoms in total. The molecule has 1 unspecified atom stereocenters. The van der Waals surface area contributed by atoms with Gasteiger partial charge in [0.1, 0.15) is 10.8 Å². The summed E-state index contributed by atoms with van der Waals surface area (Å²) < 4.78 is 6.36. The number of halogens is 1. The van der Waals surface area contributed by atoms with Crippen LogP contribution in [-0.4, -0.2) is 43.4 Å². The lowest BCUT2D eigenvalue weighted by Crippen LogP contribution is -2.33. The van der Waals surface area contributed by atoms with Crippen LogP contribution in [0.2, 0.25) is 5.02 Å². The van der Waals surface area contributed by atoms with Crippen molar-refractivity contribution in [1.82, 2.24) is 10.3 Å². The van der Waals surface area contributed by atoms with Gasteiger partial charge in [-0.15, -0.1) is 0 Å². The summed E-state index contributed by atoms with van der Waals surface area (Å²) in [5, 5.41) is 3.85. The number of allylic oxidation sites excluding steroid dienone is 1. The van der Waals surface area contributed by atoms with Crippen LogP contribution in [0.5, 0.6) is 11.6 Å². The van der Waals surface area contributed by atoms with Gasteiger partial charge in [0.05, 0.1) is 6.04 Å². The molecule has 1 atom stereocenters. The molecule has 164 valence electrons. The highest BCUT2D eigenvalue weighted by Gasteiger charge is 2.26. The number of benzene rings is 1. The molecule has 3 N–H and O–H groups in total. The zero-order valence-electron chi connectivity index (χ0n) is 18.1. The van der Waals surface area contributed by atoms with Crippen molar-refractivity contribution in [1.29, 1.82) is 0 Å². The monoisotopic (exact) mass is 439 g/mol. The van der Waals surface area contributed by atoms with E-state index in [1.165, 1.54) is 0 Å². The fourth-order valence-corrected chi connectivity index (χ4v) is 4.36. The predicted octanol–water partition coefficient (Wildman–Crippen LogP) is 4.42. The van der Waals surface area contributed by atoms with Gasteiger partial charge in [0.2, 0.25) is 5.88 Å². The highest BCUT2D eigenvalue weighted by Crippen LogP contribution is 2.42. The summed E-state index contributed by atoms with van der Waals surface area (Å²) in [6.07, 6.45) is 9.21. The van der Waals surface area contributed by atoms with Crippen LogP contribution >= 0.6 is 11.6 Å². The number of nitrogens with one attached hydrogen (secondary N) is 1. The molecule has 0 aliphatic carbocycles. The molecule has 7 heteroatoms. The Kier molecular flexibility index (Phi) is 6.78. The van der Waals surface area contributed by atoms with E-state index in [-0.39, 0.29) is 0 Å². The molecule has 4 rings (SSSR count). The number of hydrogen-bond donors (Lipinski definition) is 2. The summed E-state index contributed by atoms with van der Waals surface area (Å²) in [6, 6.07) is 8.57. The van der Waals surface area contributed by atoms with Gasteiger partial charge in [-0.2, -0.15) is 0 Å². The third kappa shape index (κ3) is 4.70. The third-order valence-corrected chi connectivity index (χ3v) is 6.52. The van der Waals surface area contributed by atoms with Crippen LogP contribution < -0.4 is 20.7 Å². The molecule has 31 heavy (non-hydrogen) atoms. The number of pyridine rings is 1. The number of aromatic nitrogens is 1. The fourth-order valence-electron chi connectivity index (χ4n) is 4.20. The first kappa shape index (κ1) is 21.7. The van der Waals surface area contributed by atoms with Crippen molar-refractivity contribution in [3.63, 3.8) is 0 Å². The summed E-state index contributed by atoms with van der Waals surface area (Å²) in [5.74, 6) is 1.15. The Morgan fingerprint density at radius 2 is 2.10 bits per heavy atom. The number of nitrogens with two attached hydrogens (primary N) is 1. The average Bonchev–Trinajstić information content (AvgIpc) is 2.79. The normalized spacial score (nSPS) is 20.2. The standard InChI is InChI=1S/C24H30ClN5O/c1-16-5-6-20-22(30(16)2)8-7-19(23(20)31-24-21(25)4-3-11-28-24)17(14-26)15-29-18-9-12-27-13-10-18/h3-4,7-8,11,14-16,18,27H,5-6,9-10,12-13,26H2,1-2H3. The van der Waals surface area contributed by atoms with Crippen molar-refractivity contribution in [2.75, 3.05) is 25.0 Å². The molecule has 0 spiro atoms. The molecule has 0 saturated carbocycles. The van der Waals surface area contributed by atoms with E-state index in [9.17, 15) is 0 Å². The van der Waals surface area contributed by atoms with Gasteiger partial charge in [0.25, 0.3) is 0 Å². The van der Waals surface area contributed by atoms with Gasteiger partial charge < -0.3 is 20.7 Å². The largest absolute Gasteiger partial charge is 0.437 e. The summed E-state index contributed by atoms with van der Waals surface area (Å²) in [7, 11) is 2.12. The summed E-state index contributed by atoms with van der Waals surface area (Å²) >= 11 is 6.37. The van der Waals surface area contributed by atoms with E-state index in [0.29, 0.717) is 23.0 Å². The van der Waals surface area contributed by atoms with Crippen LogP contribution in [0.15, 0.2) is 41.7 Å². The zero-order valence-corrected chi connectivity index (χ0v) is 18.9. The topological polar surface area (TPSA) is 75.8 Å². The predicted molar refractivity (Wildman–Crippen MR) is 128 cm³/mol. The minimum absolute atomic E-state index is 0.315. The van der Waals surface area contributed by atoms with E-state index in [4.69, 9.17) is 27.1 Å². The number of piperidine rings is 1. The van der Waals surface area contributed by atoms with Crippen LogP contribution in [0, 0.1) is 0 Å². The second kappa shape index (κ2) is 9.71. The van der Waals surface area contributed by atoms with E-state index in [1.54, 1.807) is 24.5 Å². The molecule has 1 aromatic carbocycles. The molecular weight excluding hydrogens is 410 g/mol. The van der Waals surface area contributed by atoms with Crippen molar-refractivity contribution in [3.05, 3.63) is 52.8 Å². The Bertz CT molecular complexity index is 984. The summed E-state index contributed by atoms with van der Waals surface area (Å²) in [6.45, 7) is 4.24. The molecule has 1 fully saturated rings. The van der Waals surface area contributed by atoms with Gasteiger partial charge >= 0.3 is 0 Å². The lowest BCUT2D eigenvalue weighted by Gasteiger charge is -2.35. The van der Waals surface area contributed by atoms with E-state index < -0.39 is 0 Å². The molecule has 1 aromatic heterocycles. The first-order valence-electron chi connectivity index (χ1n) is 10.9. The quantitative estimate of drug-likeness (QED) is 0.674.